The summed E-state index contributed by atoms with van der Waals surface area (Å²) in [5.41, 5.74) is 4.48. The molecule has 142 valence electrons. The van der Waals surface area contributed by atoms with Crippen molar-refractivity contribution in [2.45, 2.75) is 13.8 Å². The van der Waals surface area contributed by atoms with Crippen LogP contribution in [0.1, 0.15) is 25.0 Å². The zero-order chi connectivity index (χ0) is 19.9. The molecule has 3 rings (SSSR count). The molecule has 0 fully saturated rings. The highest BCUT2D eigenvalue weighted by Gasteiger charge is 2.17. The van der Waals surface area contributed by atoms with Gasteiger partial charge in [0.25, 0.3) is 5.91 Å². The van der Waals surface area contributed by atoms with Crippen molar-refractivity contribution >= 4 is 17.6 Å². The van der Waals surface area contributed by atoms with Gasteiger partial charge in [-0.05, 0) is 54.3 Å². The lowest BCUT2D eigenvalue weighted by Crippen LogP contribution is -2.31. The van der Waals surface area contributed by atoms with E-state index in [-0.39, 0.29) is 11.7 Å². The van der Waals surface area contributed by atoms with Gasteiger partial charge in [0.05, 0.1) is 0 Å². The highest BCUT2D eigenvalue weighted by molar-refractivity contribution is 6.24. The van der Waals surface area contributed by atoms with Crippen molar-refractivity contribution in [3.05, 3.63) is 95.8 Å². The lowest BCUT2D eigenvalue weighted by molar-refractivity contribution is -0.124. The van der Waals surface area contributed by atoms with Crippen LogP contribution in [0.25, 0.3) is 22.8 Å². The monoisotopic (exact) mass is 373 g/mol. The Labute approximate surface area is 165 Å². The van der Waals surface area contributed by atoms with Crippen molar-refractivity contribution in [3.8, 4) is 11.1 Å². The van der Waals surface area contributed by atoms with Crippen LogP contribution in [0, 0.1) is 5.82 Å². The van der Waals surface area contributed by atoms with E-state index in [2.05, 4.69) is 12.1 Å². The Balaban J connectivity index is 2.01. The fraction of sp³-hybridized carbons (Fsp3) is 0.160. The van der Waals surface area contributed by atoms with Gasteiger partial charge in [0.2, 0.25) is 0 Å². The fourth-order valence-electron chi connectivity index (χ4n) is 3.15. The maximum absolute atomic E-state index is 13.3. The summed E-state index contributed by atoms with van der Waals surface area (Å²) in [6.07, 6.45) is 1.83. The Hall–Kier alpha value is -3.20. The van der Waals surface area contributed by atoms with Crippen LogP contribution in [0.5, 0.6) is 0 Å². The summed E-state index contributed by atoms with van der Waals surface area (Å²) in [5.74, 6) is -0.317. The zero-order valence-corrected chi connectivity index (χ0v) is 16.2. The number of rotatable bonds is 6. The van der Waals surface area contributed by atoms with Crippen molar-refractivity contribution in [1.29, 1.82) is 0 Å². The van der Waals surface area contributed by atoms with Crippen molar-refractivity contribution < 1.29 is 9.18 Å². The molecule has 0 N–H and O–H groups in total. The Morgan fingerprint density at radius 1 is 0.821 bits per heavy atom. The highest BCUT2D eigenvalue weighted by atomic mass is 19.1. The molecule has 3 heteroatoms. The minimum atomic E-state index is -0.291. The topological polar surface area (TPSA) is 20.3 Å². The quantitative estimate of drug-likeness (QED) is 0.389. The smallest absolute Gasteiger partial charge is 0.254 e. The van der Waals surface area contributed by atoms with E-state index in [1.54, 1.807) is 17.0 Å². The minimum Gasteiger partial charge on any atom is -0.339 e. The summed E-state index contributed by atoms with van der Waals surface area (Å²) in [6, 6.07) is 24.3. The molecule has 0 saturated heterocycles. The Morgan fingerprint density at radius 3 is 1.96 bits per heavy atom. The highest BCUT2D eigenvalue weighted by Crippen LogP contribution is 2.25. The van der Waals surface area contributed by atoms with Crippen molar-refractivity contribution in [2.75, 3.05) is 13.1 Å². The lowest BCUT2D eigenvalue weighted by Gasteiger charge is -2.21. The molecular formula is C25H24FNO. The number of halogens is 1. The number of benzene rings is 3. The van der Waals surface area contributed by atoms with Crippen LogP contribution in [0.4, 0.5) is 4.39 Å². The molecule has 0 radical (unpaired) electrons. The minimum absolute atomic E-state index is 0.0261. The van der Waals surface area contributed by atoms with E-state index in [4.69, 9.17) is 0 Å². The molecule has 0 spiro atoms. The van der Waals surface area contributed by atoms with Crippen molar-refractivity contribution in [2.24, 2.45) is 0 Å². The molecule has 0 aliphatic carbocycles. The summed E-state index contributed by atoms with van der Waals surface area (Å²) in [6.45, 7) is 5.21. The largest absolute Gasteiger partial charge is 0.339 e. The van der Waals surface area contributed by atoms with E-state index in [1.165, 1.54) is 12.1 Å². The Bertz CT molecular complexity index is 940. The predicted molar refractivity (Wildman–Crippen MR) is 114 cm³/mol. The molecule has 0 heterocycles. The number of hydrogen-bond acceptors (Lipinski definition) is 1. The van der Waals surface area contributed by atoms with Gasteiger partial charge < -0.3 is 4.90 Å². The van der Waals surface area contributed by atoms with E-state index in [9.17, 15) is 9.18 Å². The molecular weight excluding hydrogens is 349 g/mol. The van der Waals surface area contributed by atoms with Gasteiger partial charge in [-0.1, -0.05) is 66.7 Å². The molecule has 0 aliphatic heterocycles. The van der Waals surface area contributed by atoms with Crippen LogP contribution in [-0.4, -0.2) is 23.9 Å². The van der Waals surface area contributed by atoms with Crippen LogP contribution < -0.4 is 0 Å². The van der Waals surface area contributed by atoms with Gasteiger partial charge in [-0.2, -0.15) is 0 Å². The number of hydrogen-bond donors (Lipinski definition) is 0. The predicted octanol–water partition coefficient (Wildman–Crippen LogP) is 5.90. The normalized spacial score (nSPS) is 11.3. The average molecular weight is 373 g/mol. The maximum atomic E-state index is 13.3. The van der Waals surface area contributed by atoms with E-state index in [0.29, 0.717) is 18.7 Å². The first kappa shape index (κ1) is 19.6. The van der Waals surface area contributed by atoms with Crippen LogP contribution in [0.3, 0.4) is 0 Å². The van der Waals surface area contributed by atoms with Crippen LogP contribution in [-0.2, 0) is 4.79 Å². The second-order valence-corrected chi connectivity index (χ2v) is 6.53. The maximum Gasteiger partial charge on any atom is 0.254 e. The first-order valence-electron chi connectivity index (χ1n) is 9.54. The molecule has 0 atom stereocenters. The van der Waals surface area contributed by atoms with E-state index in [1.807, 2.05) is 62.4 Å². The Morgan fingerprint density at radius 2 is 1.39 bits per heavy atom. The molecule has 0 bridgehead atoms. The van der Waals surface area contributed by atoms with Gasteiger partial charge in [0, 0.05) is 18.7 Å². The fourth-order valence-corrected chi connectivity index (χ4v) is 3.15. The second kappa shape index (κ2) is 9.14. The standard InChI is InChI=1S/C25H24FNO/c1-3-27(4-2)25(28)24(18-19-10-16-23(26)17-11-19)22-14-12-21(13-15-22)20-8-6-5-7-9-20/h5-18H,3-4H2,1-2H3/b24-18+. The number of nitrogens with zero attached hydrogens (tertiary/aromatic N) is 1. The van der Waals surface area contributed by atoms with Gasteiger partial charge in [0.15, 0.2) is 0 Å². The number of carbonyl (C=O) groups is 1. The van der Waals surface area contributed by atoms with Gasteiger partial charge in [-0.3, -0.25) is 4.79 Å². The van der Waals surface area contributed by atoms with Crippen molar-refractivity contribution in [1.82, 2.24) is 4.90 Å². The van der Waals surface area contributed by atoms with Gasteiger partial charge in [-0.15, -0.1) is 0 Å². The van der Waals surface area contributed by atoms with Gasteiger partial charge >= 0.3 is 0 Å². The van der Waals surface area contributed by atoms with Gasteiger partial charge in [0.1, 0.15) is 5.82 Å². The first-order chi connectivity index (χ1) is 13.6. The molecule has 28 heavy (non-hydrogen) atoms. The third-order valence-corrected chi connectivity index (χ3v) is 4.77. The summed E-state index contributed by atoms with van der Waals surface area (Å²) in [4.78, 5) is 14.9. The molecule has 0 aliphatic rings. The van der Waals surface area contributed by atoms with Crippen LogP contribution in [0.2, 0.25) is 0 Å². The molecule has 0 saturated carbocycles. The van der Waals surface area contributed by atoms with E-state index in [0.717, 1.165) is 22.3 Å². The number of carbonyl (C=O) groups excluding carboxylic acids is 1. The third kappa shape index (κ3) is 4.55. The average Bonchev–Trinajstić information content (AvgIpc) is 2.75. The zero-order valence-electron chi connectivity index (χ0n) is 16.2. The summed E-state index contributed by atoms with van der Waals surface area (Å²) in [5, 5.41) is 0. The van der Waals surface area contributed by atoms with Crippen molar-refractivity contribution in [3.63, 3.8) is 0 Å². The summed E-state index contributed by atoms with van der Waals surface area (Å²) in [7, 11) is 0. The lowest BCUT2D eigenvalue weighted by atomic mass is 9.98. The molecule has 3 aromatic rings. The summed E-state index contributed by atoms with van der Waals surface area (Å²) < 4.78 is 13.3. The third-order valence-electron chi connectivity index (χ3n) is 4.77. The molecule has 2 nitrogen and oxygen atoms in total. The first-order valence-corrected chi connectivity index (χ1v) is 9.54. The summed E-state index contributed by atoms with van der Waals surface area (Å²) >= 11 is 0. The molecule has 0 unspecified atom stereocenters. The van der Waals surface area contributed by atoms with Gasteiger partial charge in [-0.25, -0.2) is 4.39 Å². The van der Waals surface area contributed by atoms with E-state index < -0.39 is 0 Å². The number of amides is 1. The van der Waals surface area contributed by atoms with E-state index >= 15 is 0 Å². The molecule has 0 aromatic heterocycles. The number of likely N-dealkylation sites (N-methyl/N-ethyl adjacent to an activating group) is 1. The second-order valence-electron chi connectivity index (χ2n) is 6.53. The molecule has 1 amide bonds. The molecule has 3 aromatic carbocycles. The van der Waals surface area contributed by atoms with Crippen LogP contribution in [0.15, 0.2) is 78.9 Å². The Kier molecular flexibility index (Phi) is 6.38. The SMILES string of the molecule is CCN(CC)C(=O)/C(=C/c1ccc(F)cc1)c1ccc(-c2ccccc2)cc1. The van der Waals surface area contributed by atoms with Crippen LogP contribution >= 0.6 is 0 Å².